The van der Waals surface area contributed by atoms with Gasteiger partial charge in [-0.05, 0) is 25.8 Å². The van der Waals surface area contributed by atoms with Crippen LogP contribution in [-0.2, 0) is 9.05 Å². The highest BCUT2D eigenvalue weighted by Gasteiger charge is 2.20. The van der Waals surface area contributed by atoms with E-state index in [1.165, 1.54) is 0 Å². The number of pyridine rings is 1. The second-order valence-electron chi connectivity index (χ2n) is 2.17. The zero-order valence-electron chi connectivity index (χ0n) is 6.35. The molecule has 1 rings (SSSR count). The number of hydrogen-bond acceptors (Lipinski definition) is 5. The van der Waals surface area contributed by atoms with E-state index in [1.54, 1.807) is 0 Å². The van der Waals surface area contributed by atoms with Crippen LogP contribution in [0.1, 0.15) is 0 Å². The van der Waals surface area contributed by atoms with Gasteiger partial charge in [-0.2, -0.15) is 0 Å². The number of nitrogens with zero attached hydrogens (tertiary/aromatic N) is 2. The molecule has 0 spiro atoms. The second-order valence-corrected chi connectivity index (χ2v) is 5.56. The molecule has 0 aliphatic heterocycles. The van der Waals surface area contributed by atoms with Crippen LogP contribution in [0.15, 0.2) is 21.6 Å². The Bertz CT molecular complexity index is 489. The zero-order chi connectivity index (χ0) is 10.9. The first-order chi connectivity index (χ1) is 6.32. The van der Waals surface area contributed by atoms with E-state index in [0.717, 1.165) is 12.3 Å². The summed E-state index contributed by atoms with van der Waals surface area (Å²) in [5.41, 5.74) is 0. The normalized spacial score (nSPS) is 11.3. The molecule has 9 heteroatoms. The lowest BCUT2D eigenvalue weighted by Crippen LogP contribution is -1.97. The predicted octanol–water partition coefficient (Wildman–Crippen LogP) is 1.68. The fraction of sp³-hybridized carbons (Fsp3) is 0. The highest BCUT2D eigenvalue weighted by Crippen LogP contribution is 2.26. The third-order valence-corrected chi connectivity index (χ3v) is 3.52. The Balaban J connectivity index is 3.35. The quantitative estimate of drug-likeness (QED) is 0.471. The van der Waals surface area contributed by atoms with E-state index in [9.17, 15) is 18.5 Å². The van der Waals surface area contributed by atoms with Gasteiger partial charge in [-0.3, -0.25) is 0 Å². The topological polar surface area (TPSA) is 90.2 Å². The Kier molecular flexibility index (Phi) is 3.07. The molecule has 6 nitrogen and oxygen atoms in total. The van der Waals surface area contributed by atoms with E-state index in [-0.39, 0.29) is 9.37 Å². The summed E-state index contributed by atoms with van der Waals surface area (Å²) < 4.78 is 21.7. The van der Waals surface area contributed by atoms with Crippen LogP contribution in [-0.4, -0.2) is 18.3 Å². The minimum Gasteiger partial charge on any atom is -0.358 e. The molecule has 0 atom stereocenters. The summed E-state index contributed by atoms with van der Waals surface area (Å²) in [7, 11) is 1.09. The highest BCUT2D eigenvalue weighted by molar-refractivity contribution is 9.10. The summed E-state index contributed by atoms with van der Waals surface area (Å²) in [4.78, 5) is 12.5. The number of aromatic nitrogens is 1. The largest absolute Gasteiger partial charge is 0.364 e. The Morgan fingerprint density at radius 3 is 2.50 bits per heavy atom. The van der Waals surface area contributed by atoms with Gasteiger partial charge in [-0.1, -0.05) is 0 Å². The SMILES string of the molecule is O=[N+]([O-])c1cc(Br)c(S(=O)(=O)Cl)cn1. The Labute approximate surface area is 91.6 Å². The van der Waals surface area contributed by atoms with Crippen molar-refractivity contribution in [3.63, 3.8) is 0 Å². The smallest absolute Gasteiger partial charge is 0.358 e. The van der Waals surface area contributed by atoms with Crippen LogP contribution in [0.2, 0.25) is 0 Å². The maximum absolute atomic E-state index is 10.9. The monoisotopic (exact) mass is 300 g/mol. The molecular weight excluding hydrogens is 299 g/mol. The van der Waals surface area contributed by atoms with Gasteiger partial charge in [0.05, 0.1) is 6.07 Å². The van der Waals surface area contributed by atoms with Crippen LogP contribution in [0, 0.1) is 10.1 Å². The summed E-state index contributed by atoms with van der Waals surface area (Å²) in [6, 6.07) is 0.968. The molecule has 0 aromatic carbocycles. The maximum atomic E-state index is 10.9. The molecule has 0 saturated heterocycles. The summed E-state index contributed by atoms with van der Waals surface area (Å²) in [6.45, 7) is 0. The van der Waals surface area contributed by atoms with Crippen LogP contribution >= 0.6 is 26.6 Å². The van der Waals surface area contributed by atoms with Crippen LogP contribution in [0.25, 0.3) is 0 Å². The molecule has 76 valence electrons. The van der Waals surface area contributed by atoms with Crippen LogP contribution < -0.4 is 0 Å². The number of rotatable bonds is 2. The van der Waals surface area contributed by atoms with E-state index < -0.39 is 19.8 Å². The Hall–Kier alpha value is -0.730. The van der Waals surface area contributed by atoms with Crippen LogP contribution in [0.3, 0.4) is 0 Å². The molecule has 0 N–H and O–H groups in total. The van der Waals surface area contributed by atoms with Crippen molar-refractivity contribution < 1.29 is 13.3 Å². The highest BCUT2D eigenvalue weighted by atomic mass is 79.9. The van der Waals surface area contributed by atoms with Gasteiger partial charge in [-0.25, -0.2) is 8.42 Å². The van der Waals surface area contributed by atoms with Crippen molar-refractivity contribution in [3.8, 4) is 0 Å². The third kappa shape index (κ3) is 2.40. The molecule has 0 aliphatic carbocycles. The van der Waals surface area contributed by atoms with Gasteiger partial charge in [0.2, 0.25) is 0 Å². The van der Waals surface area contributed by atoms with E-state index in [2.05, 4.69) is 20.9 Å². The molecule has 0 saturated carbocycles. The minimum absolute atomic E-state index is 0.00852. The van der Waals surface area contributed by atoms with Crippen LogP contribution in [0.5, 0.6) is 0 Å². The van der Waals surface area contributed by atoms with Crippen molar-refractivity contribution in [1.82, 2.24) is 4.98 Å². The van der Waals surface area contributed by atoms with Crippen molar-refractivity contribution in [2.45, 2.75) is 4.90 Å². The maximum Gasteiger partial charge on any atom is 0.364 e. The van der Waals surface area contributed by atoms with Crippen LogP contribution in [0.4, 0.5) is 5.82 Å². The molecule has 0 fully saturated rings. The average molecular weight is 302 g/mol. The molecule has 14 heavy (non-hydrogen) atoms. The Morgan fingerprint density at radius 1 is 1.57 bits per heavy atom. The summed E-state index contributed by atoms with van der Waals surface area (Å²) in [6.07, 6.45) is 0.824. The van der Waals surface area contributed by atoms with Gasteiger partial charge < -0.3 is 10.1 Å². The van der Waals surface area contributed by atoms with Crippen molar-refractivity contribution in [1.29, 1.82) is 0 Å². The fourth-order valence-electron chi connectivity index (χ4n) is 0.687. The van der Waals surface area contributed by atoms with E-state index in [0.29, 0.717) is 0 Å². The minimum atomic E-state index is -3.94. The van der Waals surface area contributed by atoms with Crippen molar-refractivity contribution >= 4 is 41.5 Å². The molecule has 1 heterocycles. The lowest BCUT2D eigenvalue weighted by atomic mass is 10.5. The molecule has 0 aliphatic rings. The average Bonchev–Trinajstić information content (AvgIpc) is 2.01. The molecule has 0 unspecified atom stereocenters. The fourth-order valence-corrected chi connectivity index (χ4v) is 2.75. The van der Waals surface area contributed by atoms with E-state index in [4.69, 9.17) is 10.7 Å². The van der Waals surface area contributed by atoms with Gasteiger partial charge in [0.25, 0.3) is 9.05 Å². The molecule has 0 bridgehead atoms. The number of hydrogen-bond donors (Lipinski definition) is 0. The second kappa shape index (κ2) is 3.79. The zero-order valence-corrected chi connectivity index (χ0v) is 9.50. The molecule has 1 aromatic rings. The van der Waals surface area contributed by atoms with Crippen molar-refractivity contribution in [2.24, 2.45) is 0 Å². The predicted molar refractivity (Wildman–Crippen MR) is 51.6 cm³/mol. The van der Waals surface area contributed by atoms with Gasteiger partial charge in [0.1, 0.15) is 4.90 Å². The van der Waals surface area contributed by atoms with Crippen molar-refractivity contribution in [2.75, 3.05) is 0 Å². The summed E-state index contributed by atoms with van der Waals surface area (Å²) >= 11 is 2.84. The van der Waals surface area contributed by atoms with Gasteiger partial charge in [0.15, 0.2) is 6.20 Å². The first-order valence-corrected chi connectivity index (χ1v) is 6.17. The number of halogens is 2. The van der Waals surface area contributed by atoms with Gasteiger partial charge in [0, 0.05) is 15.2 Å². The van der Waals surface area contributed by atoms with Gasteiger partial charge >= 0.3 is 5.82 Å². The lowest BCUT2D eigenvalue weighted by Gasteiger charge is -1.97. The third-order valence-electron chi connectivity index (χ3n) is 1.26. The molecule has 0 amide bonds. The Morgan fingerprint density at radius 2 is 2.14 bits per heavy atom. The van der Waals surface area contributed by atoms with E-state index in [1.807, 2.05) is 0 Å². The van der Waals surface area contributed by atoms with Gasteiger partial charge in [-0.15, -0.1) is 0 Å². The van der Waals surface area contributed by atoms with Crippen molar-refractivity contribution in [3.05, 3.63) is 26.9 Å². The van der Waals surface area contributed by atoms with E-state index >= 15 is 0 Å². The first-order valence-electron chi connectivity index (χ1n) is 3.07. The summed E-state index contributed by atoms with van der Waals surface area (Å²) in [5, 5.41) is 10.3. The molecular formula is C5H2BrClN2O4S. The standard InChI is InChI=1S/C5H2BrClN2O4S/c6-3-1-5(9(10)11)8-2-4(3)14(7,12)13/h1-2H. The molecule has 1 aromatic heterocycles. The lowest BCUT2D eigenvalue weighted by molar-refractivity contribution is -0.389. The summed E-state index contributed by atoms with van der Waals surface area (Å²) in [5.74, 6) is -0.457. The molecule has 0 radical (unpaired) electrons. The number of nitro groups is 1. The first kappa shape index (κ1) is 11.3.